The number of aliphatic hydroxyl groups is 1. The van der Waals surface area contributed by atoms with Crippen molar-refractivity contribution < 1.29 is 9.84 Å². The van der Waals surface area contributed by atoms with Gasteiger partial charge >= 0.3 is 0 Å². The van der Waals surface area contributed by atoms with Gasteiger partial charge in [-0.2, -0.15) is 0 Å². The lowest BCUT2D eigenvalue weighted by molar-refractivity contribution is 0.302. The first-order valence-electron chi connectivity index (χ1n) is 7.08. The molecular weight excluding hydrogens is 260 g/mol. The molecule has 0 saturated heterocycles. The van der Waals surface area contributed by atoms with Crippen molar-refractivity contribution in [3.8, 4) is 17.6 Å². The van der Waals surface area contributed by atoms with Crippen LogP contribution in [0.3, 0.4) is 0 Å². The molecule has 0 heterocycles. The average molecular weight is 280 g/mol. The Morgan fingerprint density at radius 2 is 1.67 bits per heavy atom. The van der Waals surface area contributed by atoms with Crippen molar-refractivity contribution in [1.82, 2.24) is 0 Å². The first-order chi connectivity index (χ1) is 10.2. The van der Waals surface area contributed by atoms with Crippen LogP contribution in [0.2, 0.25) is 0 Å². The highest BCUT2D eigenvalue weighted by atomic mass is 16.5. The zero-order valence-electron chi connectivity index (χ0n) is 12.5. The van der Waals surface area contributed by atoms with E-state index in [1.807, 2.05) is 30.3 Å². The summed E-state index contributed by atoms with van der Waals surface area (Å²) in [6.07, 6.45) is 0.511. The largest absolute Gasteiger partial charge is 0.488 e. The predicted octanol–water partition coefficient (Wildman–Crippen LogP) is 3.62. The van der Waals surface area contributed by atoms with Crippen LogP contribution >= 0.6 is 0 Å². The van der Waals surface area contributed by atoms with E-state index in [-0.39, 0.29) is 6.61 Å². The Morgan fingerprint density at radius 1 is 1.00 bits per heavy atom. The smallest absolute Gasteiger partial charge is 0.125 e. The van der Waals surface area contributed by atoms with Crippen LogP contribution in [0.4, 0.5) is 0 Å². The molecular formula is C19H20O2. The second kappa shape index (κ2) is 7.52. The van der Waals surface area contributed by atoms with Crippen LogP contribution in [0.15, 0.2) is 42.5 Å². The second-order valence-corrected chi connectivity index (χ2v) is 4.98. The Morgan fingerprint density at radius 3 is 2.29 bits per heavy atom. The van der Waals surface area contributed by atoms with Gasteiger partial charge in [-0.3, -0.25) is 0 Å². The van der Waals surface area contributed by atoms with E-state index in [0.29, 0.717) is 13.0 Å². The van der Waals surface area contributed by atoms with Gasteiger partial charge in [0.05, 0.1) is 6.61 Å². The summed E-state index contributed by atoms with van der Waals surface area (Å²) in [5, 5.41) is 8.69. The van der Waals surface area contributed by atoms with Crippen LogP contribution in [0, 0.1) is 25.7 Å². The third-order valence-corrected chi connectivity index (χ3v) is 3.22. The predicted molar refractivity (Wildman–Crippen MR) is 85.3 cm³/mol. The zero-order valence-corrected chi connectivity index (χ0v) is 12.5. The maximum atomic E-state index is 8.69. The van der Waals surface area contributed by atoms with Crippen molar-refractivity contribution in [2.24, 2.45) is 0 Å². The monoisotopic (exact) mass is 280 g/mol. The van der Waals surface area contributed by atoms with Gasteiger partial charge < -0.3 is 9.84 Å². The number of aryl methyl sites for hydroxylation is 2. The van der Waals surface area contributed by atoms with Gasteiger partial charge in [0.2, 0.25) is 0 Å². The van der Waals surface area contributed by atoms with E-state index < -0.39 is 0 Å². The molecule has 0 radical (unpaired) electrons. The standard InChI is InChI=1S/C19H20O2/c1-15-6-5-7-16(2)19(15)21-14-18-11-9-17(10-12-18)8-3-4-13-20/h5-7,9-12,20H,4,13-14H2,1-2H3. The number of hydrogen-bond acceptors (Lipinski definition) is 2. The lowest BCUT2D eigenvalue weighted by atomic mass is 10.1. The molecule has 108 valence electrons. The van der Waals surface area contributed by atoms with E-state index in [9.17, 15) is 0 Å². The van der Waals surface area contributed by atoms with Gasteiger partial charge in [0.25, 0.3) is 0 Å². The number of benzene rings is 2. The maximum absolute atomic E-state index is 8.69. The first kappa shape index (κ1) is 15.2. The molecule has 2 aromatic rings. The fourth-order valence-corrected chi connectivity index (χ4v) is 2.09. The van der Waals surface area contributed by atoms with E-state index in [4.69, 9.17) is 9.84 Å². The minimum absolute atomic E-state index is 0.106. The van der Waals surface area contributed by atoms with E-state index in [2.05, 4.69) is 37.8 Å². The van der Waals surface area contributed by atoms with Gasteiger partial charge in [-0.25, -0.2) is 0 Å². The minimum atomic E-state index is 0.106. The number of ether oxygens (including phenoxy) is 1. The number of hydrogen-bond donors (Lipinski definition) is 1. The van der Waals surface area contributed by atoms with Crippen molar-refractivity contribution in [3.63, 3.8) is 0 Å². The summed E-state index contributed by atoms with van der Waals surface area (Å²) >= 11 is 0. The molecule has 0 amide bonds. The minimum Gasteiger partial charge on any atom is -0.488 e. The molecule has 0 unspecified atom stereocenters. The Bertz CT molecular complexity index is 625. The van der Waals surface area contributed by atoms with Crippen molar-refractivity contribution in [1.29, 1.82) is 0 Å². The number of para-hydroxylation sites is 1. The third kappa shape index (κ3) is 4.37. The molecule has 0 saturated carbocycles. The molecule has 21 heavy (non-hydrogen) atoms. The summed E-state index contributed by atoms with van der Waals surface area (Å²) in [5.41, 5.74) is 4.38. The Balaban J connectivity index is 2.00. The summed E-state index contributed by atoms with van der Waals surface area (Å²) < 4.78 is 5.92. The van der Waals surface area contributed by atoms with Crippen LogP contribution in [-0.2, 0) is 6.61 Å². The highest BCUT2D eigenvalue weighted by Crippen LogP contribution is 2.23. The van der Waals surface area contributed by atoms with Crippen molar-refractivity contribution in [2.45, 2.75) is 26.9 Å². The number of rotatable bonds is 4. The Hall–Kier alpha value is -2.24. The zero-order chi connectivity index (χ0) is 15.1. The highest BCUT2D eigenvalue weighted by Gasteiger charge is 2.03. The number of aliphatic hydroxyl groups excluding tert-OH is 1. The van der Waals surface area contributed by atoms with Crippen LogP contribution < -0.4 is 4.74 Å². The molecule has 0 aliphatic carbocycles. The van der Waals surface area contributed by atoms with Crippen LogP contribution in [0.25, 0.3) is 0 Å². The summed E-state index contributed by atoms with van der Waals surface area (Å²) in [5.74, 6) is 6.89. The molecule has 0 aromatic heterocycles. The fraction of sp³-hybridized carbons (Fsp3) is 0.263. The second-order valence-electron chi connectivity index (χ2n) is 4.98. The van der Waals surface area contributed by atoms with Gasteiger partial charge in [-0.1, -0.05) is 42.2 Å². The summed E-state index contributed by atoms with van der Waals surface area (Å²) in [7, 11) is 0. The van der Waals surface area contributed by atoms with E-state index in [1.54, 1.807) is 0 Å². The molecule has 2 heteroatoms. The topological polar surface area (TPSA) is 29.5 Å². The molecule has 0 fully saturated rings. The highest BCUT2D eigenvalue weighted by molar-refractivity contribution is 5.40. The van der Waals surface area contributed by atoms with Gasteiger partial charge in [0, 0.05) is 12.0 Å². The van der Waals surface area contributed by atoms with Crippen LogP contribution in [-0.4, -0.2) is 11.7 Å². The molecule has 0 spiro atoms. The summed E-state index contributed by atoms with van der Waals surface area (Å²) in [6, 6.07) is 14.2. The van der Waals surface area contributed by atoms with Crippen LogP contribution in [0.5, 0.6) is 5.75 Å². The first-order valence-corrected chi connectivity index (χ1v) is 7.08. The van der Waals surface area contributed by atoms with Crippen molar-refractivity contribution in [2.75, 3.05) is 6.61 Å². The molecule has 0 atom stereocenters. The SMILES string of the molecule is Cc1cccc(C)c1OCc1ccc(C#CCCO)cc1. The molecule has 0 aliphatic rings. The molecule has 2 nitrogen and oxygen atoms in total. The van der Waals surface area contributed by atoms with Gasteiger partial charge in [-0.05, 0) is 42.7 Å². The van der Waals surface area contributed by atoms with E-state index in [0.717, 1.165) is 28.0 Å². The summed E-state index contributed by atoms with van der Waals surface area (Å²) in [6.45, 7) is 4.77. The van der Waals surface area contributed by atoms with E-state index >= 15 is 0 Å². The van der Waals surface area contributed by atoms with Gasteiger partial charge in [0.15, 0.2) is 0 Å². The van der Waals surface area contributed by atoms with Gasteiger partial charge in [0.1, 0.15) is 12.4 Å². The van der Waals surface area contributed by atoms with Crippen LogP contribution in [0.1, 0.15) is 28.7 Å². The van der Waals surface area contributed by atoms with Crippen molar-refractivity contribution >= 4 is 0 Å². The lowest BCUT2D eigenvalue weighted by Gasteiger charge is -2.11. The molecule has 1 N–H and O–H groups in total. The normalized spacial score (nSPS) is 9.86. The quantitative estimate of drug-likeness (QED) is 0.867. The molecule has 0 aliphatic heterocycles. The molecule has 2 aromatic carbocycles. The lowest BCUT2D eigenvalue weighted by Crippen LogP contribution is -1.98. The Labute approximate surface area is 126 Å². The molecule has 2 rings (SSSR count). The van der Waals surface area contributed by atoms with Gasteiger partial charge in [-0.15, -0.1) is 0 Å². The third-order valence-electron chi connectivity index (χ3n) is 3.22. The average Bonchev–Trinajstić information content (AvgIpc) is 2.48. The summed E-state index contributed by atoms with van der Waals surface area (Å²) in [4.78, 5) is 0. The Kier molecular flexibility index (Phi) is 5.43. The fourth-order valence-electron chi connectivity index (χ4n) is 2.09. The maximum Gasteiger partial charge on any atom is 0.125 e. The van der Waals surface area contributed by atoms with Crippen molar-refractivity contribution in [3.05, 3.63) is 64.7 Å². The van der Waals surface area contributed by atoms with E-state index in [1.165, 1.54) is 0 Å². The molecule has 0 bridgehead atoms.